The Labute approximate surface area is 127 Å². The Morgan fingerprint density at radius 2 is 2.05 bits per heavy atom. The van der Waals surface area contributed by atoms with E-state index in [1.54, 1.807) is 42.1 Å². The van der Waals surface area contributed by atoms with Gasteiger partial charge in [-0.25, -0.2) is 4.39 Å². The average Bonchev–Trinajstić information content (AvgIpc) is 2.89. The molecule has 0 spiro atoms. The Kier molecular flexibility index (Phi) is 3.78. The number of amides is 1. The van der Waals surface area contributed by atoms with Crippen LogP contribution in [0.2, 0.25) is 0 Å². The van der Waals surface area contributed by atoms with Crippen molar-refractivity contribution in [1.82, 2.24) is 4.57 Å². The van der Waals surface area contributed by atoms with E-state index >= 15 is 0 Å². The number of aromatic nitrogens is 1. The van der Waals surface area contributed by atoms with Gasteiger partial charge < -0.3 is 14.6 Å². The fourth-order valence-electron chi connectivity index (χ4n) is 2.40. The molecule has 3 aromatic rings. The van der Waals surface area contributed by atoms with Crippen LogP contribution in [0.15, 0.2) is 54.7 Å². The van der Waals surface area contributed by atoms with Crippen molar-refractivity contribution < 1.29 is 13.9 Å². The third-order valence-electron chi connectivity index (χ3n) is 3.43. The molecule has 3 rings (SSSR count). The number of hydrogen-bond acceptors (Lipinski definition) is 2. The fraction of sp³-hybridized carbons (Fsp3) is 0.118. The Balaban J connectivity index is 1.78. The maximum atomic E-state index is 13.2. The number of fused-ring (bicyclic) bond motifs is 1. The number of para-hydroxylation sites is 2. The van der Waals surface area contributed by atoms with Gasteiger partial charge in [-0.15, -0.1) is 0 Å². The molecule has 0 bridgehead atoms. The number of rotatable bonds is 4. The summed E-state index contributed by atoms with van der Waals surface area (Å²) in [6.45, 7) is 0.146. The highest BCUT2D eigenvalue weighted by molar-refractivity contribution is 5.93. The van der Waals surface area contributed by atoms with Crippen LogP contribution in [0.5, 0.6) is 5.75 Å². The zero-order valence-electron chi connectivity index (χ0n) is 12.0. The first-order valence-corrected chi connectivity index (χ1v) is 6.84. The number of halogens is 1. The summed E-state index contributed by atoms with van der Waals surface area (Å²) in [5.74, 6) is 0.144. The summed E-state index contributed by atoms with van der Waals surface area (Å²) in [6, 6.07) is 13.5. The van der Waals surface area contributed by atoms with E-state index in [0.717, 1.165) is 10.9 Å². The highest BCUT2D eigenvalue weighted by Gasteiger charge is 2.09. The second kappa shape index (κ2) is 5.89. The number of benzene rings is 2. The molecule has 0 radical (unpaired) electrons. The molecule has 0 unspecified atom stereocenters. The van der Waals surface area contributed by atoms with Crippen molar-refractivity contribution >= 4 is 22.5 Å². The summed E-state index contributed by atoms with van der Waals surface area (Å²) >= 11 is 0. The lowest BCUT2D eigenvalue weighted by Gasteiger charge is -2.10. The van der Waals surface area contributed by atoms with Gasteiger partial charge in [-0.2, -0.15) is 0 Å². The molecular formula is C17H15FN2O2. The SMILES string of the molecule is COc1ccccc1NC(=O)Cn1ccc2cc(F)ccc21. The lowest BCUT2D eigenvalue weighted by molar-refractivity contribution is -0.116. The van der Waals surface area contributed by atoms with Gasteiger partial charge in [0, 0.05) is 17.1 Å². The Hall–Kier alpha value is -2.82. The maximum Gasteiger partial charge on any atom is 0.244 e. The summed E-state index contributed by atoms with van der Waals surface area (Å²) in [5, 5.41) is 3.59. The van der Waals surface area contributed by atoms with Crippen LogP contribution < -0.4 is 10.1 Å². The van der Waals surface area contributed by atoms with Gasteiger partial charge in [0.2, 0.25) is 5.91 Å². The number of nitrogens with zero attached hydrogens (tertiary/aromatic N) is 1. The normalized spacial score (nSPS) is 10.6. The van der Waals surface area contributed by atoms with Crippen LogP contribution in [-0.4, -0.2) is 17.6 Å². The van der Waals surface area contributed by atoms with E-state index in [4.69, 9.17) is 4.74 Å². The molecule has 0 fully saturated rings. The van der Waals surface area contributed by atoms with E-state index in [1.165, 1.54) is 12.1 Å². The lowest BCUT2D eigenvalue weighted by Crippen LogP contribution is -2.18. The molecule has 1 amide bonds. The molecule has 0 saturated heterocycles. The molecule has 0 atom stereocenters. The van der Waals surface area contributed by atoms with Crippen LogP contribution in [0.3, 0.4) is 0 Å². The molecular weight excluding hydrogens is 283 g/mol. The zero-order valence-corrected chi connectivity index (χ0v) is 12.0. The third-order valence-corrected chi connectivity index (χ3v) is 3.43. The van der Waals surface area contributed by atoms with Crippen molar-refractivity contribution in [3.63, 3.8) is 0 Å². The van der Waals surface area contributed by atoms with Crippen molar-refractivity contribution in [2.24, 2.45) is 0 Å². The van der Waals surface area contributed by atoms with Crippen LogP contribution in [0.25, 0.3) is 10.9 Å². The van der Waals surface area contributed by atoms with Crippen molar-refractivity contribution in [2.45, 2.75) is 6.54 Å². The Bertz CT molecular complexity index is 826. The number of nitrogens with one attached hydrogen (secondary N) is 1. The molecule has 5 heteroatoms. The summed E-state index contributed by atoms with van der Waals surface area (Å²) in [5.41, 5.74) is 1.44. The Morgan fingerprint density at radius 3 is 2.86 bits per heavy atom. The summed E-state index contributed by atoms with van der Waals surface area (Å²) in [7, 11) is 1.55. The highest BCUT2D eigenvalue weighted by Crippen LogP contribution is 2.23. The summed E-state index contributed by atoms with van der Waals surface area (Å²) < 4.78 is 20.2. The van der Waals surface area contributed by atoms with Gasteiger partial charge in [0.15, 0.2) is 0 Å². The van der Waals surface area contributed by atoms with Crippen molar-refractivity contribution in [1.29, 1.82) is 0 Å². The molecule has 1 aromatic heterocycles. The minimum absolute atomic E-state index is 0.146. The number of carbonyl (C=O) groups excluding carboxylic acids is 1. The number of ether oxygens (including phenoxy) is 1. The Morgan fingerprint density at radius 1 is 1.23 bits per heavy atom. The first-order chi connectivity index (χ1) is 10.7. The first kappa shape index (κ1) is 14.1. The molecule has 4 nitrogen and oxygen atoms in total. The second-order valence-corrected chi connectivity index (χ2v) is 4.90. The average molecular weight is 298 g/mol. The van der Waals surface area contributed by atoms with Crippen LogP contribution in [0, 0.1) is 5.82 Å². The summed E-state index contributed by atoms with van der Waals surface area (Å²) in [6.07, 6.45) is 1.77. The molecule has 0 aliphatic heterocycles. The minimum Gasteiger partial charge on any atom is -0.495 e. The number of hydrogen-bond donors (Lipinski definition) is 1. The second-order valence-electron chi connectivity index (χ2n) is 4.90. The van der Waals surface area contributed by atoms with Gasteiger partial charge in [-0.05, 0) is 36.4 Å². The number of anilines is 1. The molecule has 112 valence electrons. The first-order valence-electron chi connectivity index (χ1n) is 6.84. The monoisotopic (exact) mass is 298 g/mol. The molecule has 22 heavy (non-hydrogen) atoms. The van der Waals surface area contributed by atoms with Crippen molar-refractivity contribution in [2.75, 3.05) is 12.4 Å². The third kappa shape index (κ3) is 2.79. The predicted molar refractivity (Wildman–Crippen MR) is 83.5 cm³/mol. The van der Waals surface area contributed by atoms with E-state index in [-0.39, 0.29) is 18.3 Å². The molecule has 0 saturated carbocycles. The van der Waals surface area contributed by atoms with E-state index in [0.29, 0.717) is 11.4 Å². The van der Waals surface area contributed by atoms with Gasteiger partial charge in [0.1, 0.15) is 18.1 Å². The number of carbonyl (C=O) groups is 1. The van der Waals surface area contributed by atoms with Crippen molar-refractivity contribution in [3.05, 3.63) is 60.5 Å². The quantitative estimate of drug-likeness (QED) is 0.802. The predicted octanol–water partition coefficient (Wildman–Crippen LogP) is 3.43. The van der Waals surface area contributed by atoms with E-state index in [1.807, 2.05) is 12.1 Å². The van der Waals surface area contributed by atoms with E-state index < -0.39 is 0 Å². The lowest BCUT2D eigenvalue weighted by atomic mass is 10.2. The number of methoxy groups -OCH3 is 1. The van der Waals surface area contributed by atoms with Crippen LogP contribution in [0.4, 0.5) is 10.1 Å². The highest BCUT2D eigenvalue weighted by atomic mass is 19.1. The minimum atomic E-state index is -0.288. The molecule has 0 aliphatic rings. The van der Waals surface area contributed by atoms with Crippen LogP contribution >= 0.6 is 0 Å². The van der Waals surface area contributed by atoms with Gasteiger partial charge in [-0.3, -0.25) is 4.79 Å². The van der Waals surface area contributed by atoms with E-state index in [9.17, 15) is 9.18 Å². The van der Waals surface area contributed by atoms with Crippen molar-refractivity contribution in [3.8, 4) is 5.75 Å². The van der Waals surface area contributed by atoms with Crippen LogP contribution in [-0.2, 0) is 11.3 Å². The molecule has 2 aromatic carbocycles. The molecule has 1 heterocycles. The smallest absolute Gasteiger partial charge is 0.244 e. The zero-order chi connectivity index (χ0) is 15.5. The largest absolute Gasteiger partial charge is 0.495 e. The van der Waals surface area contributed by atoms with Gasteiger partial charge >= 0.3 is 0 Å². The van der Waals surface area contributed by atoms with Gasteiger partial charge in [0.05, 0.1) is 12.8 Å². The van der Waals surface area contributed by atoms with Gasteiger partial charge in [-0.1, -0.05) is 12.1 Å². The fourth-order valence-corrected chi connectivity index (χ4v) is 2.40. The summed E-state index contributed by atoms with van der Waals surface area (Å²) in [4.78, 5) is 12.2. The topological polar surface area (TPSA) is 43.3 Å². The van der Waals surface area contributed by atoms with Gasteiger partial charge in [0.25, 0.3) is 0 Å². The molecule has 0 aliphatic carbocycles. The van der Waals surface area contributed by atoms with Crippen LogP contribution in [0.1, 0.15) is 0 Å². The maximum absolute atomic E-state index is 13.2. The molecule has 1 N–H and O–H groups in total. The standard InChI is InChI=1S/C17H15FN2O2/c1-22-16-5-3-2-4-14(16)19-17(21)11-20-9-8-12-10-13(18)6-7-15(12)20/h2-10H,11H2,1H3,(H,19,21). The van der Waals surface area contributed by atoms with E-state index in [2.05, 4.69) is 5.32 Å².